The summed E-state index contributed by atoms with van der Waals surface area (Å²) in [4.78, 5) is 23.4. The molecule has 0 radical (unpaired) electrons. The number of hydrogen-bond acceptors (Lipinski definition) is 5. The van der Waals surface area contributed by atoms with Crippen molar-refractivity contribution in [2.24, 2.45) is 0 Å². The fourth-order valence-corrected chi connectivity index (χ4v) is 2.95. The van der Waals surface area contributed by atoms with E-state index in [2.05, 4.69) is 10.6 Å². The third kappa shape index (κ3) is 5.27. The van der Waals surface area contributed by atoms with E-state index >= 15 is 0 Å². The first-order valence-electron chi connectivity index (χ1n) is 7.50. The first-order chi connectivity index (χ1) is 11.6. The largest absolute Gasteiger partial charge is 0.378 e. The van der Waals surface area contributed by atoms with Gasteiger partial charge in [-0.1, -0.05) is 30.3 Å². The van der Waals surface area contributed by atoms with Gasteiger partial charge in [0.1, 0.15) is 5.69 Å². The Bertz CT molecular complexity index is 722. The van der Waals surface area contributed by atoms with Crippen molar-refractivity contribution >= 4 is 29.0 Å². The minimum absolute atomic E-state index is 0.0268. The minimum Gasteiger partial charge on any atom is -0.378 e. The molecule has 0 unspecified atom stereocenters. The van der Waals surface area contributed by atoms with Crippen molar-refractivity contribution < 1.29 is 9.72 Å². The Morgan fingerprint density at radius 3 is 2.58 bits per heavy atom. The molecule has 6 nitrogen and oxygen atoms in total. The lowest BCUT2D eigenvalue weighted by atomic mass is 10.2. The zero-order valence-electron chi connectivity index (χ0n) is 13.3. The van der Waals surface area contributed by atoms with Crippen LogP contribution < -0.4 is 10.6 Å². The first-order valence-corrected chi connectivity index (χ1v) is 8.49. The van der Waals surface area contributed by atoms with Gasteiger partial charge in [-0.2, -0.15) is 0 Å². The first kappa shape index (κ1) is 17.8. The summed E-state index contributed by atoms with van der Waals surface area (Å²) in [5.41, 5.74) is 1.62. The smallest absolute Gasteiger partial charge is 0.292 e. The van der Waals surface area contributed by atoms with E-state index in [1.54, 1.807) is 18.2 Å². The van der Waals surface area contributed by atoms with Crippen LogP contribution in [0.2, 0.25) is 0 Å². The van der Waals surface area contributed by atoms with Crippen molar-refractivity contribution in [2.45, 2.75) is 11.8 Å². The third-order valence-electron chi connectivity index (χ3n) is 3.32. The summed E-state index contributed by atoms with van der Waals surface area (Å²) in [6.45, 7) is 2.84. The molecule has 2 aromatic rings. The maximum absolute atomic E-state index is 11.8. The Labute approximate surface area is 144 Å². The number of nitrogens with one attached hydrogen (secondary N) is 2. The highest BCUT2D eigenvalue weighted by atomic mass is 32.2. The standard InChI is InChI=1S/C17H19N3O3S/c1-13-6-2-5-9-16(13)24-12-17(21)19-11-10-18-14-7-3-4-8-15(14)20(22)23/h2-9,18H,10-12H2,1H3,(H,19,21). The number of thioether (sulfide) groups is 1. The molecule has 2 aromatic carbocycles. The molecule has 0 saturated carbocycles. The van der Waals surface area contributed by atoms with Gasteiger partial charge in [0, 0.05) is 24.1 Å². The molecule has 2 N–H and O–H groups in total. The molecule has 0 aromatic heterocycles. The molecule has 0 aliphatic carbocycles. The van der Waals surface area contributed by atoms with Crippen LogP contribution in [-0.2, 0) is 4.79 Å². The van der Waals surface area contributed by atoms with Crippen LogP contribution in [0.4, 0.5) is 11.4 Å². The molecular formula is C17H19N3O3S. The Morgan fingerprint density at radius 1 is 1.12 bits per heavy atom. The number of amides is 1. The molecule has 0 bridgehead atoms. The van der Waals surface area contributed by atoms with E-state index in [9.17, 15) is 14.9 Å². The Hall–Kier alpha value is -2.54. The predicted molar refractivity (Wildman–Crippen MR) is 96.5 cm³/mol. The molecule has 0 aliphatic rings. The van der Waals surface area contributed by atoms with Crippen LogP contribution in [0.25, 0.3) is 0 Å². The highest BCUT2D eigenvalue weighted by Crippen LogP contribution is 2.23. The fourth-order valence-electron chi connectivity index (χ4n) is 2.09. The molecule has 0 spiro atoms. The second-order valence-electron chi connectivity index (χ2n) is 5.11. The summed E-state index contributed by atoms with van der Waals surface area (Å²) in [6, 6.07) is 14.4. The molecule has 1 amide bonds. The number of aryl methyl sites for hydroxylation is 1. The van der Waals surface area contributed by atoms with Gasteiger partial charge in [0.25, 0.3) is 5.69 Å². The maximum atomic E-state index is 11.8. The molecule has 0 heterocycles. The van der Waals surface area contributed by atoms with Gasteiger partial charge in [-0.25, -0.2) is 0 Å². The van der Waals surface area contributed by atoms with Crippen LogP contribution in [0.3, 0.4) is 0 Å². The number of benzene rings is 2. The molecule has 24 heavy (non-hydrogen) atoms. The zero-order valence-corrected chi connectivity index (χ0v) is 14.1. The Kier molecular flexibility index (Phi) is 6.62. The van der Waals surface area contributed by atoms with E-state index in [1.165, 1.54) is 17.8 Å². The number of nitro groups is 1. The summed E-state index contributed by atoms with van der Waals surface area (Å²) >= 11 is 1.49. The van der Waals surface area contributed by atoms with E-state index in [1.807, 2.05) is 31.2 Å². The third-order valence-corrected chi connectivity index (χ3v) is 4.49. The fraction of sp³-hybridized carbons (Fsp3) is 0.235. The lowest BCUT2D eigenvalue weighted by Crippen LogP contribution is -2.30. The highest BCUT2D eigenvalue weighted by molar-refractivity contribution is 8.00. The van der Waals surface area contributed by atoms with Gasteiger partial charge in [0.05, 0.1) is 10.7 Å². The van der Waals surface area contributed by atoms with Crippen LogP contribution in [0.5, 0.6) is 0 Å². The van der Waals surface area contributed by atoms with Crippen LogP contribution >= 0.6 is 11.8 Å². The average Bonchev–Trinajstić information content (AvgIpc) is 2.58. The van der Waals surface area contributed by atoms with E-state index in [-0.39, 0.29) is 11.6 Å². The average molecular weight is 345 g/mol. The number of nitrogens with zero attached hydrogens (tertiary/aromatic N) is 1. The number of carbonyl (C=O) groups excluding carboxylic acids is 1. The maximum Gasteiger partial charge on any atom is 0.292 e. The van der Waals surface area contributed by atoms with Crippen molar-refractivity contribution in [1.29, 1.82) is 0 Å². The van der Waals surface area contributed by atoms with Gasteiger partial charge in [0.15, 0.2) is 0 Å². The van der Waals surface area contributed by atoms with E-state index in [4.69, 9.17) is 0 Å². The molecule has 0 saturated heterocycles. The number of hydrogen-bond donors (Lipinski definition) is 2. The minimum atomic E-state index is -0.431. The molecule has 7 heteroatoms. The van der Waals surface area contributed by atoms with E-state index in [0.29, 0.717) is 24.5 Å². The molecule has 0 fully saturated rings. The number of nitro benzene ring substituents is 1. The molecule has 0 aliphatic heterocycles. The molecular weight excluding hydrogens is 326 g/mol. The van der Waals surface area contributed by atoms with Crippen molar-refractivity contribution in [2.75, 3.05) is 24.2 Å². The number of carbonyl (C=O) groups is 1. The molecule has 126 valence electrons. The number of para-hydroxylation sites is 2. The lowest BCUT2D eigenvalue weighted by Gasteiger charge is -2.09. The van der Waals surface area contributed by atoms with Gasteiger partial charge in [-0.3, -0.25) is 14.9 Å². The Balaban J connectivity index is 1.72. The second-order valence-corrected chi connectivity index (χ2v) is 6.12. The van der Waals surface area contributed by atoms with Crippen molar-refractivity contribution in [1.82, 2.24) is 5.32 Å². The van der Waals surface area contributed by atoms with E-state index < -0.39 is 4.92 Å². The SMILES string of the molecule is Cc1ccccc1SCC(=O)NCCNc1ccccc1[N+](=O)[O-]. The summed E-state index contributed by atoms with van der Waals surface area (Å²) in [6.07, 6.45) is 0. The van der Waals surface area contributed by atoms with Gasteiger partial charge < -0.3 is 10.6 Å². The van der Waals surface area contributed by atoms with Crippen molar-refractivity contribution in [3.8, 4) is 0 Å². The monoisotopic (exact) mass is 345 g/mol. The Morgan fingerprint density at radius 2 is 1.83 bits per heavy atom. The van der Waals surface area contributed by atoms with Gasteiger partial charge in [-0.05, 0) is 24.6 Å². The van der Waals surface area contributed by atoms with Crippen molar-refractivity contribution in [3.05, 3.63) is 64.2 Å². The quantitative estimate of drug-likeness (QED) is 0.332. The van der Waals surface area contributed by atoms with Crippen molar-refractivity contribution in [3.63, 3.8) is 0 Å². The summed E-state index contributed by atoms with van der Waals surface area (Å²) < 4.78 is 0. The molecule has 2 rings (SSSR count). The van der Waals surface area contributed by atoms with Gasteiger partial charge in [-0.15, -0.1) is 11.8 Å². The second kappa shape index (κ2) is 8.93. The van der Waals surface area contributed by atoms with Crippen LogP contribution in [0.15, 0.2) is 53.4 Å². The lowest BCUT2D eigenvalue weighted by molar-refractivity contribution is -0.384. The number of anilines is 1. The summed E-state index contributed by atoms with van der Waals surface area (Å²) in [7, 11) is 0. The summed E-state index contributed by atoms with van der Waals surface area (Å²) in [5, 5.41) is 16.7. The zero-order chi connectivity index (χ0) is 17.4. The normalized spacial score (nSPS) is 10.2. The highest BCUT2D eigenvalue weighted by Gasteiger charge is 2.11. The van der Waals surface area contributed by atoms with Crippen LogP contribution in [0, 0.1) is 17.0 Å². The van der Waals surface area contributed by atoms with Gasteiger partial charge in [0.2, 0.25) is 5.91 Å². The molecule has 0 atom stereocenters. The van der Waals surface area contributed by atoms with Gasteiger partial charge >= 0.3 is 0 Å². The topological polar surface area (TPSA) is 84.3 Å². The number of rotatable bonds is 8. The van der Waals surface area contributed by atoms with E-state index in [0.717, 1.165) is 10.5 Å². The predicted octanol–water partition coefficient (Wildman–Crippen LogP) is 3.22. The van der Waals surface area contributed by atoms with Crippen LogP contribution in [0.1, 0.15) is 5.56 Å². The van der Waals surface area contributed by atoms with Crippen LogP contribution in [-0.4, -0.2) is 29.7 Å². The summed E-state index contributed by atoms with van der Waals surface area (Å²) in [5.74, 6) is 0.281.